The summed E-state index contributed by atoms with van der Waals surface area (Å²) in [7, 11) is 0. The van der Waals surface area contributed by atoms with Gasteiger partial charge in [-0.05, 0) is 49.8 Å². The Morgan fingerprint density at radius 3 is 2.71 bits per heavy atom. The predicted octanol–water partition coefficient (Wildman–Crippen LogP) is 3.41. The molecular formula is C17H21N3O. The molecule has 2 fully saturated rings. The minimum Gasteiger partial charge on any atom is -0.399 e. The molecular weight excluding hydrogens is 262 g/mol. The van der Waals surface area contributed by atoms with Crippen molar-refractivity contribution in [2.45, 2.75) is 43.7 Å². The number of benzene rings is 1. The van der Waals surface area contributed by atoms with Gasteiger partial charge in [-0.15, -0.1) is 0 Å². The molecule has 1 aromatic heterocycles. The summed E-state index contributed by atoms with van der Waals surface area (Å²) in [6.07, 6.45) is 10.0. The topological polar surface area (TPSA) is 53.1 Å². The standard InChI is InChI=1S/C17H21N3O/c18-15-4-2-13(3-5-15)14-11-19-20(12-14)16-6-9-21-17(10-16)7-1-8-17/h2-5,11-12,16H,1,6-10,18H2. The lowest BCUT2D eigenvalue weighted by Crippen LogP contribution is -2.46. The highest BCUT2D eigenvalue weighted by Crippen LogP contribution is 2.45. The first-order valence-electron chi connectivity index (χ1n) is 7.78. The minimum absolute atomic E-state index is 0.163. The van der Waals surface area contributed by atoms with E-state index in [4.69, 9.17) is 10.5 Å². The molecule has 4 nitrogen and oxygen atoms in total. The maximum atomic E-state index is 6.00. The van der Waals surface area contributed by atoms with Gasteiger partial charge in [0.05, 0.1) is 17.8 Å². The average Bonchev–Trinajstić information content (AvgIpc) is 2.96. The fourth-order valence-electron chi connectivity index (χ4n) is 3.51. The third-order valence-corrected chi connectivity index (χ3v) is 4.95. The maximum absolute atomic E-state index is 6.00. The van der Waals surface area contributed by atoms with Crippen molar-refractivity contribution in [2.75, 3.05) is 12.3 Å². The molecule has 0 amide bonds. The maximum Gasteiger partial charge on any atom is 0.0703 e. The van der Waals surface area contributed by atoms with Crippen LogP contribution < -0.4 is 5.73 Å². The van der Waals surface area contributed by atoms with Crippen molar-refractivity contribution in [3.63, 3.8) is 0 Å². The van der Waals surface area contributed by atoms with Crippen LogP contribution in [0.3, 0.4) is 0 Å². The van der Waals surface area contributed by atoms with E-state index in [2.05, 4.69) is 16.0 Å². The van der Waals surface area contributed by atoms with Crippen molar-refractivity contribution in [3.05, 3.63) is 36.7 Å². The molecule has 1 saturated carbocycles. The second-order valence-electron chi connectivity index (χ2n) is 6.36. The molecule has 2 N–H and O–H groups in total. The van der Waals surface area contributed by atoms with Crippen LogP contribution in [0.15, 0.2) is 36.7 Å². The quantitative estimate of drug-likeness (QED) is 0.859. The van der Waals surface area contributed by atoms with Crippen LogP contribution in [-0.2, 0) is 4.74 Å². The predicted molar refractivity (Wildman–Crippen MR) is 82.9 cm³/mol. The van der Waals surface area contributed by atoms with Crippen LogP contribution in [-0.4, -0.2) is 22.0 Å². The number of nitrogen functional groups attached to an aromatic ring is 1. The zero-order chi connectivity index (χ0) is 14.3. The molecule has 0 radical (unpaired) electrons. The Morgan fingerprint density at radius 2 is 2.00 bits per heavy atom. The van der Waals surface area contributed by atoms with Crippen LogP contribution in [0, 0.1) is 0 Å². The molecule has 1 saturated heterocycles. The van der Waals surface area contributed by atoms with E-state index in [-0.39, 0.29) is 5.60 Å². The minimum atomic E-state index is 0.163. The average molecular weight is 283 g/mol. The molecule has 2 aromatic rings. The lowest BCUT2D eigenvalue weighted by atomic mass is 9.74. The first kappa shape index (κ1) is 12.9. The Bertz CT molecular complexity index is 628. The Hall–Kier alpha value is -1.81. The smallest absolute Gasteiger partial charge is 0.0703 e. The first-order valence-corrected chi connectivity index (χ1v) is 7.78. The largest absolute Gasteiger partial charge is 0.399 e. The number of aromatic nitrogens is 2. The van der Waals surface area contributed by atoms with E-state index in [1.54, 1.807) is 0 Å². The summed E-state index contributed by atoms with van der Waals surface area (Å²) < 4.78 is 8.14. The van der Waals surface area contributed by atoms with E-state index in [1.807, 2.05) is 30.5 Å². The summed E-state index contributed by atoms with van der Waals surface area (Å²) in [6.45, 7) is 0.863. The van der Waals surface area contributed by atoms with Crippen LogP contribution >= 0.6 is 0 Å². The molecule has 4 rings (SSSR count). The molecule has 21 heavy (non-hydrogen) atoms. The molecule has 1 aromatic carbocycles. The Morgan fingerprint density at radius 1 is 1.19 bits per heavy atom. The Balaban J connectivity index is 1.55. The van der Waals surface area contributed by atoms with Gasteiger partial charge in [0.25, 0.3) is 0 Å². The first-order chi connectivity index (χ1) is 10.2. The van der Waals surface area contributed by atoms with Gasteiger partial charge in [-0.1, -0.05) is 12.1 Å². The van der Waals surface area contributed by atoms with Crippen LogP contribution in [0.1, 0.15) is 38.1 Å². The Kier molecular flexibility index (Phi) is 3.00. The van der Waals surface area contributed by atoms with Crippen LogP contribution in [0.25, 0.3) is 11.1 Å². The number of nitrogens with zero attached hydrogens (tertiary/aromatic N) is 2. The SMILES string of the molecule is Nc1ccc(-c2cnn(C3CCOC4(CCC4)C3)c2)cc1. The third-order valence-electron chi connectivity index (χ3n) is 4.95. The van der Waals surface area contributed by atoms with Gasteiger partial charge in [-0.2, -0.15) is 5.10 Å². The number of rotatable bonds is 2. The van der Waals surface area contributed by atoms with Gasteiger partial charge in [0, 0.05) is 24.1 Å². The van der Waals surface area contributed by atoms with Crippen molar-refractivity contribution in [3.8, 4) is 11.1 Å². The summed E-state index contributed by atoms with van der Waals surface area (Å²) in [5, 5.41) is 4.59. The highest BCUT2D eigenvalue weighted by atomic mass is 16.5. The second kappa shape index (κ2) is 4.88. The second-order valence-corrected chi connectivity index (χ2v) is 6.36. The van der Waals surface area contributed by atoms with E-state index < -0.39 is 0 Å². The summed E-state index contributed by atoms with van der Waals surface area (Å²) in [4.78, 5) is 0. The van der Waals surface area contributed by atoms with Crippen molar-refractivity contribution in [2.24, 2.45) is 0 Å². The number of hydrogen-bond acceptors (Lipinski definition) is 3. The summed E-state index contributed by atoms with van der Waals surface area (Å²) in [6, 6.07) is 8.44. The molecule has 1 spiro atoms. The van der Waals surface area contributed by atoms with Crippen molar-refractivity contribution >= 4 is 5.69 Å². The van der Waals surface area contributed by atoms with Gasteiger partial charge >= 0.3 is 0 Å². The van der Waals surface area contributed by atoms with Crippen LogP contribution in [0.2, 0.25) is 0 Å². The number of hydrogen-bond donors (Lipinski definition) is 1. The normalized spacial score (nSPS) is 23.9. The zero-order valence-electron chi connectivity index (χ0n) is 12.2. The van der Waals surface area contributed by atoms with E-state index in [0.717, 1.165) is 30.7 Å². The van der Waals surface area contributed by atoms with Crippen LogP contribution in [0.4, 0.5) is 5.69 Å². The monoisotopic (exact) mass is 283 g/mol. The fourth-order valence-corrected chi connectivity index (χ4v) is 3.51. The van der Waals surface area contributed by atoms with E-state index in [0.29, 0.717) is 6.04 Å². The lowest BCUT2D eigenvalue weighted by molar-refractivity contribution is -0.141. The zero-order valence-corrected chi connectivity index (χ0v) is 12.2. The van der Waals surface area contributed by atoms with E-state index in [9.17, 15) is 0 Å². The molecule has 4 heteroatoms. The highest BCUT2D eigenvalue weighted by molar-refractivity contribution is 5.64. The van der Waals surface area contributed by atoms with Crippen molar-refractivity contribution in [1.29, 1.82) is 0 Å². The molecule has 1 atom stereocenters. The van der Waals surface area contributed by atoms with Gasteiger partial charge in [-0.3, -0.25) is 4.68 Å². The van der Waals surface area contributed by atoms with Gasteiger partial charge in [-0.25, -0.2) is 0 Å². The van der Waals surface area contributed by atoms with Gasteiger partial charge < -0.3 is 10.5 Å². The van der Waals surface area contributed by atoms with Gasteiger partial charge in [0.2, 0.25) is 0 Å². The van der Waals surface area contributed by atoms with E-state index >= 15 is 0 Å². The summed E-state index contributed by atoms with van der Waals surface area (Å²) >= 11 is 0. The summed E-state index contributed by atoms with van der Waals surface area (Å²) in [5.41, 5.74) is 9.02. The van der Waals surface area contributed by atoms with E-state index in [1.165, 1.54) is 24.8 Å². The highest BCUT2D eigenvalue weighted by Gasteiger charge is 2.43. The number of anilines is 1. The molecule has 1 unspecified atom stereocenters. The van der Waals surface area contributed by atoms with Gasteiger partial charge in [0.15, 0.2) is 0 Å². The molecule has 0 bridgehead atoms. The molecule has 2 heterocycles. The Labute approximate surface area is 124 Å². The number of ether oxygens (including phenoxy) is 1. The summed E-state index contributed by atoms with van der Waals surface area (Å²) in [5.74, 6) is 0. The molecule has 1 aliphatic carbocycles. The van der Waals surface area contributed by atoms with Crippen molar-refractivity contribution in [1.82, 2.24) is 9.78 Å². The molecule has 1 aliphatic heterocycles. The molecule has 110 valence electrons. The fraction of sp³-hybridized carbons (Fsp3) is 0.471. The van der Waals surface area contributed by atoms with Gasteiger partial charge in [0.1, 0.15) is 0 Å². The van der Waals surface area contributed by atoms with Crippen molar-refractivity contribution < 1.29 is 4.74 Å². The van der Waals surface area contributed by atoms with Crippen LogP contribution in [0.5, 0.6) is 0 Å². The number of nitrogens with two attached hydrogens (primary N) is 1. The lowest BCUT2D eigenvalue weighted by Gasteiger charge is -2.47. The molecule has 2 aliphatic rings. The third kappa shape index (κ3) is 2.33.